The lowest BCUT2D eigenvalue weighted by molar-refractivity contribution is 0.409. The molecule has 1 aromatic rings. The van der Waals surface area contributed by atoms with Gasteiger partial charge in [0.2, 0.25) is 0 Å². The molecule has 5 heteroatoms. The van der Waals surface area contributed by atoms with E-state index < -0.39 is 0 Å². The van der Waals surface area contributed by atoms with Crippen molar-refractivity contribution < 1.29 is 0 Å². The van der Waals surface area contributed by atoms with Gasteiger partial charge in [-0.25, -0.2) is 4.98 Å². The summed E-state index contributed by atoms with van der Waals surface area (Å²) in [6, 6.07) is 0. The minimum atomic E-state index is 0.527. The minimum Gasteiger partial charge on any atom is -0.347 e. The maximum Gasteiger partial charge on any atom is 0.185 e. The fraction of sp³-hybridized carbons (Fsp3) is 0.750. The summed E-state index contributed by atoms with van der Waals surface area (Å²) < 4.78 is 0. The van der Waals surface area contributed by atoms with Crippen molar-refractivity contribution in [3.8, 4) is 0 Å². The Morgan fingerprint density at radius 3 is 2.53 bits per heavy atom. The number of aromatic nitrogens is 1. The molecule has 0 atom stereocenters. The highest BCUT2D eigenvalue weighted by molar-refractivity contribution is 7.13. The highest BCUT2D eigenvalue weighted by atomic mass is 32.1. The maximum atomic E-state index is 5.60. The molecule has 98 valence electrons. The molecular formula is C12H24N4S. The third-order valence-corrected chi connectivity index (χ3v) is 3.37. The fourth-order valence-electron chi connectivity index (χ4n) is 1.56. The van der Waals surface area contributed by atoms with Crippen LogP contribution in [-0.4, -0.2) is 43.6 Å². The molecule has 0 aromatic carbocycles. The van der Waals surface area contributed by atoms with Crippen LogP contribution in [0.4, 0.5) is 5.13 Å². The zero-order chi connectivity index (χ0) is 12.8. The van der Waals surface area contributed by atoms with Crippen molar-refractivity contribution in [2.75, 3.05) is 38.6 Å². The minimum absolute atomic E-state index is 0.527. The Labute approximate surface area is 108 Å². The highest BCUT2D eigenvalue weighted by Crippen LogP contribution is 2.21. The summed E-state index contributed by atoms with van der Waals surface area (Å²) in [7, 11) is 4.20. The number of hydrogen-bond donors (Lipinski definition) is 1. The fourth-order valence-corrected chi connectivity index (χ4v) is 2.44. The molecule has 0 fully saturated rings. The van der Waals surface area contributed by atoms with E-state index in [1.54, 1.807) is 11.3 Å². The van der Waals surface area contributed by atoms with E-state index in [-0.39, 0.29) is 0 Å². The molecule has 2 N–H and O–H groups in total. The van der Waals surface area contributed by atoms with Gasteiger partial charge in [0.25, 0.3) is 0 Å². The average molecular weight is 256 g/mol. The van der Waals surface area contributed by atoms with Crippen LogP contribution in [0.25, 0.3) is 0 Å². The number of rotatable bonds is 7. The summed E-state index contributed by atoms with van der Waals surface area (Å²) in [5, 5.41) is 3.15. The molecule has 0 aliphatic carbocycles. The largest absolute Gasteiger partial charge is 0.347 e. The second-order valence-corrected chi connectivity index (χ2v) is 5.81. The van der Waals surface area contributed by atoms with E-state index in [0.717, 1.165) is 30.5 Å². The molecule has 0 radical (unpaired) electrons. The van der Waals surface area contributed by atoms with Gasteiger partial charge in [0.05, 0.1) is 5.69 Å². The first-order valence-electron chi connectivity index (χ1n) is 6.07. The molecule has 0 spiro atoms. The van der Waals surface area contributed by atoms with Gasteiger partial charge in [-0.05, 0) is 20.0 Å². The third-order valence-electron chi connectivity index (χ3n) is 2.42. The van der Waals surface area contributed by atoms with Crippen molar-refractivity contribution in [1.29, 1.82) is 0 Å². The Kier molecular flexibility index (Phi) is 5.88. The van der Waals surface area contributed by atoms with Gasteiger partial charge in [0.1, 0.15) is 0 Å². The first-order valence-corrected chi connectivity index (χ1v) is 6.95. The van der Waals surface area contributed by atoms with Gasteiger partial charge in [-0.3, -0.25) is 0 Å². The summed E-state index contributed by atoms with van der Waals surface area (Å²) >= 11 is 1.69. The molecule has 17 heavy (non-hydrogen) atoms. The number of nitrogens with two attached hydrogens (primary N) is 1. The molecule has 4 nitrogen and oxygen atoms in total. The van der Waals surface area contributed by atoms with Crippen molar-refractivity contribution in [1.82, 2.24) is 9.88 Å². The Balaban J connectivity index is 2.67. The van der Waals surface area contributed by atoms with Gasteiger partial charge >= 0.3 is 0 Å². The van der Waals surface area contributed by atoms with Gasteiger partial charge in [-0.1, -0.05) is 13.8 Å². The van der Waals surface area contributed by atoms with Crippen molar-refractivity contribution in [3.05, 3.63) is 11.1 Å². The molecule has 1 aromatic heterocycles. The summed E-state index contributed by atoms with van der Waals surface area (Å²) in [5.74, 6) is 0.641. The van der Waals surface area contributed by atoms with Crippen LogP contribution in [0, 0.1) is 5.92 Å². The monoisotopic (exact) mass is 256 g/mol. The first kappa shape index (κ1) is 14.4. The Morgan fingerprint density at radius 1 is 1.35 bits per heavy atom. The van der Waals surface area contributed by atoms with Gasteiger partial charge in [0, 0.05) is 31.6 Å². The first-order chi connectivity index (χ1) is 8.02. The number of nitrogens with zero attached hydrogens (tertiary/aromatic N) is 3. The van der Waals surface area contributed by atoms with Crippen LogP contribution in [0.5, 0.6) is 0 Å². The second kappa shape index (κ2) is 6.93. The lowest BCUT2D eigenvalue weighted by Gasteiger charge is -2.25. The number of thiazole rings is 1. The van der Waals surface area contributed by atoms with Crippen LogP contribution in [0.2, 0.25) is 0 Å². The van der Waals surface area contributed by atoms with E-state index in [9.17, 15) is 0 Å². The van der Waals surface area contributed by atoms with Crippen LogP contribution in [-0.2, 0) is 6.54 Å². The van der Waals surface area contributed by atoms with Crippen LogP contribution in [0.3, 0.4) is 0 Å². The van der Waals surface area contributed by atoms with E-state index in [2.05, 4.69) is 48.1 Å². The zero-order valence-corrected chi connectivity index (χ0v) is 12.1. The van der Waals surface area contributed by atoms with Crippen molar-refractivity contribution in [2.24, 2.45) is 11.7 Å². The molecule has 0 bridgehead atoms. The van der Waals surface area contributed by atoms with E-state index in [0.29, 0.717) is 12.5 Å². The summed E-state index contributed by atoms with van der Waals surface area (Å²) in [6.45, 7) is 8.11. The predicted molar refractivity (Wildman–Crippen MR) is 75.6 cm³/mol. The van der Waals surface area contributed by atoms with Gasteiger partial charge in [0.15, 0.2) is 5.13 Å². The number of anilines is 1. The van der Waals surface area contributed by atoms with Crippen LogP contribution >= 0.6 is 11.3 Å². The molecule has 1 heterocycles. The van der Waals surface area contributed by atoms with E-state index in [4.69, 9.17) is 5.73 Å². The smallest absolute Gasteiger partial charge is 0.185 e. The normalized spacial score (nSPS) is 11.5. The number of hydrogen-bond acceptors (Lipinski definition) is 5. The topological polar surface area (TPSA) is 45.4 Å². The molecule has 1 rings (SSSR count). The lowest BCUT2D eigenvalue weighted by atomic mass is 10.2. The quantitative estimate of drug-likeness (QED) is 0.805. The Morgan fingerprint density at radius 2 is 2.06 bits per heavy atom. The van der Waals surface area contributed by atoms with E-state index in [1.165, 1.54) is 0 Å². The van der Waals surface area contributed by atoms with Gasteiger partial charge in [-0.15, -0.1) is 11.3 Å². The zero-order valence-electron chi connectivity index (χ0n) is 11.3. The van der Waals surface area contributed by atoms with Gasteiger partial charge < -0.3 is 15.5 Å². The molecular weight excluding hydrogens is 232 g/mol. The molecule has 0 amide bonds. The summed E-state index contributed by atoms with van der Waals surface area (Å²) in [5.41, 5.74) is 6.59. The summed E-state index contributed by atoms with van der Waals surface area (Å²) in [4.78, 5) is 9.12. The SMILES string of the molecule is CC(C)CN(CCN(C)C)c1nc(CN)cs1. The Bertz CT molecular complexity index is 322. The van der Waals surface area contributed by atoms with E-state index in [1.807, 2.05) is 0 Å². The third kappa shape index (κ3) is 5.02. The molecule has 0 saturated heterocycles. The molecule has 0 saturated carbocycles. The van der Waals surface area contributed by atoms with Crippen LogP contribution < -0.4 is 10.6 Å². The average Bonchev–Trinajstić information content (AvgIpc) is 2.71. The van der Waals surface area contributed by atoms with Crippen molar-refractivity contribution in [2.45, 2.75) is 20.4 Å². The number of likely N-dealkylation sites (N-methyl/N-ethyl adjacent to an activating group) is 1. The van der Waals surface area contributed by atoms with Crippen LogP contribution in [0.1, 0.15) is 19.5 Å². The second-order valence-electron chi connectivity index (χ2n) is 4.97. The molecule has 0 aliphatic heterocycles. The molecule has 0 unspecified atom stereocenters. The highest BCUT2D eigenvalue weighted by Gasteiger charge is 2.12. The Hall–Kier alpha value is -0.650. The van der Waals surface area contributed by atoms with Crippen molar-refractivity contribution in [3.63, 3.8) is 0 Å². The van der Waals surface area contributed by atoms with Gasteiger partial charge in [-0.2, -0.15) is 0 Å². The van der Waals surface area contributed by atoms with Crippen molar-refractivity contribution >= 4 is 16.5 Å². The summed E-state index contributed by atoms with van der Waals surface area (Å²) in [6.07, 6.45) is 0. The lowest BCUT2D eigenvalue weighted by Crippen LogP contribution is -2.34. The van der Waals surface area contributed by atoms with E-state index >= 15 is 0 Å². The predicted octanol–water partition coefficient (Wildman–Crippen LogP) is 1.63. The molecule has 0 aliphatic rings. The maximum absolute atomic E-state index is 5.60. The standard InChI is InChI=1S/C12H24N4S/c1-10(2)8-16(6-5-15(3)4)12-14-11(7-13)9-17-12/h9-10H,5-8,13H2,1-4H3. The van der Waals surface area contributed by atoms with Crippen LogP contribution in [0.15, 0.2) is 5.38 Å².